The van der Waals surface area contributed by atoms with Gasteiger partial charge < -0.3 is 19.7 Å². The predicted octanol–water partition coefficient (Wildman–Crippen LogP) is 3.90. The third-order valence-corrected chi connectivity index (χ3v) is 6.00. The van der Waals surface area contributed by atoms with E-state index in [1.165, 1.54) is 6.07 Å². The lowest BCUT2D eigenvalue weighted by atomic mass is 10.0. The minimum Gasteiger partial charge on any atom is -0.491 e. The van der Waals surface area contributed by atoms with Crippen LogP contribution in [0.4, 0.5) is 10.1 Å². The number of fused-ring (bicyclic) bond motifs is 2. The van der Waals surface area contributed by atoms with Crippen LogP contribution in [-0.2, 0) is 4.74 Å². The number of piperazine rings is 1. The molecule has 5 rings (SSSR count). The van der Waals surface area contributed by atoms with E-state index >= 15 is 0 Å². The summed E-state index contributed by atoms with van der Waals surface area (Å²) in [4.78, 5) is 11.7. The van der Waals surface area contributed by atoms with Gasteiger partial charge in [-0.05, 0) is 44.2 Å². The number of aromatic nitrogens is 3. The van der Waals surface area contributed by atoms with Gasteiger partial charge in [-0.1, -0.05) is 0 Å². The van der Waals surface area contributed by atoms with Crippen LogP contribution in [-0.4, -0.2) is 59.9 Å². The zero-order valence-corrected chi connectivity index (χ0v) is 19.1. The summed E-state index contributed by atoms with van der Waals surface area (Å²) in [6.45, 7) is 7.88. The molecule has 8 heteroatoms. The molecular weight excluding hydrogens is 421 g/mol. The summed E-state index contributed by atoms with van der Waals surface area (Å²) < 4.78 is 27.4. The first-order valence-corrected chi connectivity index (χ1v) is 11.1. The summed E-state index contributed by atoms with van der Waals surface area (Å²) in [7, 11) is 1.64. The van der Waals surface area contributed by atoms with Crippen LogP contribution in [0.25, 0.3) is 27.9 Å². The van der Waals surface area contributed by atoms with Gasteiger partial charge in [-0.25, -0.2) is 14.4 Å². The lowest BCUT2D eigenvalue weighted by molar-refractivity contribution is 0.146. The van der Waals surface area contributed by atoms with Crippen LogP contribution in [0, 0.1) is 5.82 Å². The molecule has 0 atom stereocenters. The van der Waals surface area contributed by atoms with Crippen LogP contribution in [0.5, 0.6) is 5.75 Å². The van der Waals surface area contributed by atoms with E-state index in [1.807, 2.05) is 40.9 Å². The number of nitrogens with zero attached hydrogens (tertiary/aromatic N) is 4. The molecule has 1 aliphatic heterocycles. The fourth-order valence-electron chi connectivity index (χ4n) is 4.40. The molecular formula is C25H28FN5O2. The van der Waals surface area contributed by atoms with Crippen LogP contribution in [0.3, 0.4) is 0 Å². The van der Waals surface area contributed by atoms with E-state index in [0.717, 1.165) is 48.1 Å². The second kappa shape index (κ2) is 8.61. The van der Waals surface area contributed by atoms with Crippen molar-refractivity contribution in [2.24, 2.45) is 0 Å². The van der Waals surface area contributed by atoms with Crippen molar-refractivity contribution in [3.63, 3.8) is 0 Å². The molecule has 0 spiro atoms. The Morgan fingerprint density at radius 3 is 2.85 bits per heavy atom. The maximum atomic E-state index is 14.7. The number of halogens is 1. The quantitative estimate of drug-likeness (QED) is 0.451. The van der Waals surface area contributed by atoms with Gasteiger partial charge in [-0.15, -0.1) is 0 Å². The minimum absolute atomic E-state index is 0.0265. The van der Waals surface area contributed by atoms with Crippen LogP contribution >= 0.6 is 0 Å². The number of hydrogen-bond donors (Lipinski definition) is 1. The second-order valence-electron chi connectivity index (χ2n) is 8.97. The summed E-state index contributed by atoms with van der Waals surface area (Å²) in [5.41, 5.74) is 3.92. The molecule has 7 nitrogen and oxygen atoms in total. The molecule has 0 amide bonds. The molecule has 0 radical (unpaired) electrons. The maximum absolute atomic E-state index is 14.7. The molecule has 0 bridgehead atoms. The summed E-state index contributed by atoms with van der Waals surface area (Å²) in [6, 6.07) is 10.8. The van der Waals surface area contributed by atoms with E-state index in [2.05, 4.69) is 29.0 Å². The Labute approximate surface area is 192 Å². The third kappa shape index (κ3) is 4.24. The molecule has 3 aromatic heterocycles. The van der Waals surface area contributed by atoms with Gasteiger partial charge in [0.05, 0.1) is 35.4 Å². The molecule has 0 aliphatic carbocycles. The van der Waals surface area contributed by atoms with E-state index in [-0.39, 0.29) is 11.4 Å². The number of rotatable bonds is 6. The van der Waals surface area contributed by atoms with Gasteiger partial charge in [-0.3, -0.25) is 4.40 Å². The molecule has 4 heterocycles. The van der Waals surface area contributed by atoms with Gasteiger partial charge in [0.25, 0.3) is 0 Å². The maximum Gasteiger partial charge on any atom is 0.140 e. The minimum atomic E-state index is -0.266. The molecule has 0 saturated carbocycles. The van der Waals surface area contributed by atoms with Crippen molar-refractivity contribution in [2.45, 2.75) is 19.4 Å². The summed E-state index contributed by atoms with van der Waals surface area (Å²) in [5, 5.41) is 4.05. The van der Waals surface area contributed by atoms with Crippen LogP contribution in [0.15, 0.2) is 48.8 Å². The van der Waals surface area contributed by atoms with E-state index in [4.69, 9.17) is 14.5 Å². The molecule has 172 valence electrons. The zero-order chi connectivity index (χ0) is 23.0. The number of imidazole rings is 1. The Kier molecular flexibility index (Phi) is 5.64. The first-order chi connectivity index (χ1) is 15.9. The highest BCUT2D eigenvalue weighted by Crippen LogP contribution is 2.32. The van der Waals surface area contributed by atoms with E-state index in [1.54, 1.807) is 13.3 Å². The van der Waals surface area contributed by atoms with Gasteiger partial charge in [0, 0.05) is 49.9 Å². The van der Waals surface area contributed by atoms with Crippen molar-refractivity contribution in [1.82, 2.24) is 19.7 Å². The van der Waals surface area contributed by atoms with Crippen molar-refractivity contribution >= 4 is 22.2 Å². The van der Waals surface area contributed by atoms with Crippen molar-refractivity contribution in [1.29, 1.82) is 0 Å². The normalized spacial score (nSPS) is 15.9. The first-order valence-electron chi connectivity index (χ1n) is 11.1. The van der Waals surface area contributed by atoms with Crippen molar-refractivity contribution < 1.29 is 13.9 Å². The van der Waals surface area contributed by atoms with Gasteiger partial charge in [-0.2, -0.15) is 0 Å². The Balaban J connectivity index is 1.54. The summed E-state index contributed by atoms with van der Waals surface area (Å²) in [5.74, 6) is 0.465. The second-order valence-corrected chi connectivity index (χ2v) is 8.97. The monoisotopic (exact) mass is 449 g/mol. The number of benzene rings is 1. The van der Waals surface area contributed by atoms with Crippen molar-refractivity contribution in [3.05, 3.63) is 54.6 Å². The number of hydrogen-bond acceptors (Lipinski definition) is 6. The van der Waals surface area contributed by atoms with E-state index in [0.29, 0.717) is 24.1 Å². The van der Waals surface area contributed by atoms with Crippen LogP contribution in [0.2, 0.25) is 0 Å². The van der Waals surface area contributed by atoms with Crippen LogP contribution < -0.4 is 15.0 Å². The van der Waals surface area contributed by atoms with Gasteiger partial charge in [0.2, 0.25) is 0 Å². The highest BCUT2D eigenvalue weighted by atomic mass is 19.1. The molecule has 1 N–H and O–H groups in total. The zero-order valence-electron chi connectivity index (χ0n) is 19.1. The van der Waals surface area contributed by atoms with Gasteiger partial charge >= 0.3 is 0 Å². The smallest absolute Gasteiger partial charge is 0.140 e. The van der Waals surface area contributed by atoms with Gasteiger partial charge in [0.15, 0.2) is 0 Å². The lowest BCUT2D eigenvalue weighted by Crippen LogP contribution is -2.57. The number of anilines is 1. The topological polar surface area (TPSA) is 63.9 Å². The molecule has 4 aromatic rings. The number of ether oxygens (including phenoxy) is 2. The Morgan fingerprint density at radius 2 is 2.03 bits per heavy atom. The Hall–Kier alpha value is -3.23. The van der Waals surface area contributed by atoms with Crippen molar-refractivity contribution in [2.75, 3.05) is 44.9 Å². The summed E-state index contributed by atoms with van der Waals surface area (Å²) >= 11 is 0. The Morgan fingerprint density at radius 1 is 1.15 bits per heavy atom. The predicted molar refractivity (Wildman–Crippen MR) is 128 cm³/mol. The van der Waals surface area contributed by atoms with E-state index in [9.17, 15) is 4.39 Å². The number of pyridine rings is 2. The number of methoxy groups -OCH3 is 1. The third-order valence-electron chi connectivity index (χ3n) is 6.00. The Bertz CT molecular complexity index is 1300. The highest BCUT2D eigenvalue weighted by Gasteiger charge is 2.27. The average Bonchev–Trinajstić information content (AvgIpc) is 3.22. The molecule has 1 aromatic carbocycles. The molecule has 1 aliphatic rings. The standard InChI is InChI=1S/C25H28FN5O2/c1-25(2)16-30(11-9-28-25)21-7-5-19(26)18-4-6-20(29-24(18)21)22-15-27-23-14-17(8-10-31(22)23)33-13-12-32-3/h4-8,10,14-15,28H,9,11-13,16H2,1-3H3. The SMILES string of the molecule is COCCOc1ccn2c(-c3ccc4c(F)ccc(N5CCNC(C)(C)C5)c4n3)cnc2c1. The van der Waals surface area contributed by atoms with Crippen molar-refractivity contribution in [3.8, 4) is 17.1 Å². The molecule has 1 fully saturated rings. The first kappa shape index (κ1) is 21.6. The lowest BCUT2D eigenvalue weighted by Gasteiger charge is -2.40. The average molecular weight is 450 g/mol. The van der Waals surface area contributed by atoms with Crippen LogP contribution in [0.1, 0.15) is 13.8 Å². The highest BCUT2D eigenvalue weighted by molar-refractivity contribution is 5.93. The molecule has 0 unspecified atom stereocenters. The number of nitrogens with one attached hydrogen (secondary N) is 1. The fraction of sp³-hybridized carbons (Fsp3) is 0.360. The molecule has 1 saturated heterocycles. The van der Waals surface area contributed by atoms with E-state index < -0.39 is 0 Å². The fourth-order valence-corrected chi connectivity index (χ4v) is 4.40. The largest absolute Gasteiger partial charge is 0.491 e. The van der Waals surface area contributed by atoms with Gasteiger partial charge in [0.1, 0.15) is 23.8 Å². The molecule has 33 heavy (non-hydrogen) atoms. The summed E-state index contributed by atoms with van der Waals surface area (Å²) in [6.07, 6.45) is 3.70.